The first-order valence-electron chi connectivity index (χ1n) is 6.23. The van der Waals surface area contributed by atoms with Gasteiger partial charge in [-0.05, 0) is 64.1 Å². The topological polar surface area (TPSA) is 46.5 Å². The Morgan fingerprint density at radius 3 is 2.59 bits per heavy atom. The fourth-order valence-corrected chi connectivity index (χ4v) is 2.71. The maximum Gasteiger partial charge on any atom is 0.328 e. The average Bonchev–Trinajstić information content (AvgIpc) is 2.47. The van der Waals surface area contributed by atoms with Gasteiger partial charge in [0.25, 0.3) is 0 Å². The third kappa shape index (κ3) is 4.90. The molecule has 6 heteroatoms. The zero-order chi connectivity index (χ0) is 16.1. The third-order valence-electron chi connectivity index (χ3n) is 2.75. The normalized spacial score (nSPS) is 10.9. The molecule has 0 saturated carbocycles. The fraction of sp³-hybridized carbons (Fsp3) is 0.0625. The van der Waals surface area contributed by atoms with Crippen molar-refractivity contribution >= 4 is 57.8 Å². The van der Waals surface area contributed by atoms with Crippen molar-refractivity contribution in [2.75, 3.05) is 0 Å². The first-order valence-corrected chi connectivity index (χ1v) is 8.06. The lowest BCUT2D eigenvalue weighted by Crippen LogP contribution is -1.97. The van der Waals surface area contributed by atoms with Gasteiger partial charge in [0.1, 0.15) is 12.4 Å². The predicted octanol–water partition coefficient (Wildman–Crippen LogP) is 5.27. The quantitative estimate of drug-likeness (QED) is 0.500. The van der Waals surface area contributed by atoms with E-state index < -0.39 is 5.97 Å². The van der Waals surface area contributed by atoms with Crippen LogP contribution in [0.5, 0.6) is 5.75 Å². The minimum Gasteiger partial charge on any atom is -0.488 e. The van der Waals surface area contributed by atoms with Gasteiger partial charge in [-0.3, -0.25) is 0 Å². The van der Waals surface area contributed by atoms with E-state index in [9.17, 15) is 4.79 Å². The summed E-state index contributed by atoms with van der Waals surface area (Å²) in [5.74, 6) is -0.255. The van der Waals surface area contributed by atoms with Crippen LogP contribution in [0.3, 0.4) is 0 Å². The summed E-state index contributed by atoms with van der Waals surface area (Å²) in [6.07, 6.45) is 2.63. The lowest BCUT2D eigenvalue weighted by Gasteiger charge is -2.09. The number of benzene rings is 2. The second kappa shape index (κ2) is 7.85. The van der Waals surface area contributed by atoms with Crippen molar-refractivity contribution in [1.29, 1.82) is 0 Å². The Hall–Kier alpha value is -1.24. The molecule has 0 bridgehead atoms. The molecular weight excluding hydrogens is 438 g/mol. The lowest BCUT2D eigenvalue weighted by molar-refractivity contribution is -0.131. The molecule has 0 fully saturated rings. The standard InChI is InChI=1S/C16H11Cl2IO3/c17-12-4-1-11(7-13(12)18)9-22-15-5-2-10(8-14(15)19)3-6-16(20)21/h1-8H,9H2,(H,20,21)/b6-3+. The molecule has 0 unspecified atom stereocenters. The molecule has 2 rings (SSSR count). The summed E-state index contributed by atoms with van der Waals surface area (Å²) in [5, 5.41) is 9.62. The van der Waals surface area contributed by atoms with Gasteiger partial charge in [-0.15, -0.1) is 0 Å². The van der Waals surface area contributed by atoms with Gasteiger partial charge in [-0.1, -0.05) is 35.3 Å². The molecule has 0 aliphatic heterocycles. The van der Waals surface area contributed by atoms with E-state index in [2.05, 4.69) is 22.6 Å². The van der Waals surface area contributed by atoms with Gasteiger partial charge in [0.15, 0.2) is 0 Å². The van der Waals surface area contributed by atoms with Crippen molar-refractivity contribution in [3.05, 3.63) is 67.2 Å². The Labute approximate surface area is 151 Å². The monoisotopic (exact) mass is 448 g/mol. The third-order valence-corrected chi connectivity index (χ3v) is 4.33. The van der Waals surface area contributed by atoms with Crippen LogP contribution in [0.1, 0.15) is 11.1 Å². The molecule has 3 nitrogen and oxygen atoms in total. The van der Waals surface area contributed by atoms with Crippen molar-refractivity contribution < 1.29 is 14.6 Å². The maximum absolute atomic E-state index is 10.5. The number of carboxylic acid groups (broad SMARTS) is 1. The Morgan fingerprint density at radius 2 is 1.95 bits per heavy atom. The van der Waals surface area contributed by atoms with Gasteiger partial charge in [-0.2, -0.15) is 0 Å². The van der Waals surface area contributed by atoms with Crippen molar-refractivity contribution in [2.45, 2.75) is 6.61 Å². The molecule has 1 N–H and O–H groups in total. The molecule has 2 aromatic carbocycles. The minimum absolute atomic E-state index is 0.372. The van der Waals surface area contributed by atoms with Gasteiger partial charge in [0.2, 0.25) is 0 Å². The van der Waals surface area contributed by atoms with Gasteiger partial charge in [0.05, 0.1) is 13.6 Å². The van der Waals surface area contributed by atoms with Crippen molar-refractivity contribution in [3.63, 3.8) is 0 Å². The highest BCUT2D eigenvalue weighted by Gasteiger charge is 2.04. The molecule has 0 heterocycles. The molecule has 22 heavy (non-hydrogen) atoms. The van der Waals surface area contributed by atoms with Crippen LogP contribution in [0.15, 0.2) is 42.5 Å². The number of rotatable bonds is 5. The number of carboxylic acids is 1. The number of hydrogen-bond acceptors (Lipinski definition) is 2. The lowest BCUT2D eigenvalue weighted by atomic mass is 10.2. The molecule has 0 aliphatic carbocycles. The van der Waals surface area contributed by atoms with Crippen LogP contribution in [0.25, 0.3) is 6.08 Å². The summed E-state index contributed by atoms with van der Waals surface area (Å²) in [4.78, 5) is 10.5. The van der Waals surface area contributed by atoms with E-state index in [1.54, 1.807) is 24.3 Å². The van der Waals surface area contributed by atoms with Crippen LogP contribution >= 0.6 is 45.8 Å². The predicted molar refractivity (Wildman–Crippen MR) is 96.6 cm³/mol. The van der Waals surface area contributed by atoms with Gasteiger partial charge >= 0.3 is 5.97 Å². The van der Waals surface area contributed by atoms with Gasteiger partial charge in [0, 0.05) is 6.08 Å². The Kier molecular flexibility index (Phi) is 6.11. The molecule has 0 amide bonds. The van der Waals surface area contributed by atoms with Crippen molar-refractivity contribution in [1.82, 2.24) is 0 Å². The van der Waals surface area contributed by atoms with E-state index in [0.29, 0.717) is 16.7 Å². The molecule has 2 aromatic rings. The second-order valence-electron chi connectivity index (χ2n) is 4.40. The fourth-order valence-electron chi connectivity index (χ4n) is 1.70. The van der Waals surface area contributed by atoms with E-state index in [1.165, 1.54) is 6.08 Å². The number of hydrogen-bond donors (Lipinski definition) is 1. The van der Waals surface area contributed by atoms with E-state index in [0.717, 1.165) is 26.5 Å². The molecule has 0 radical (unpaired) electrons. The SMILES string of the molecule is O=C(O)/C=C/c1ccc(OCc2ccc(Cl)c(Cl)c2)c(I)c1. The minimum atomic E-state index is -0.977. The van der Waals surface area contributed by atoms with Crippen LogP contribution < -0.4 is 4.74 Å². The Balaban J connectivity index is 2.06. The van der Waals surface area contributed by atoms with Crippen molar-refractivity contribution in [2.24, 2.45) is 0 Å². The second-order valence-corrected chi connectivity index (χ2v) is 6.38. The zero-order valence-corrected chi connectivity index (χ0v) is 14.9. The molecule has 0 spiro atoms. The molecule has 0 atom stereocenters. The first-order chi connectivity index (χ1) is 10.5. The highest BCUT2D eigenvalue weighted by atomic mass is 127. The van der Waals surface area contributed by atoms with E-state index in [4.69, 9.17) is 33.0 Å². The highest BCUT2D eigenvalue weighted by Crippen LogP contribution is 2.26. The van der Waals surface area contributed by atoms with E-state index in [1.807, 2.05) is 12.1 Å². The van der Waals surface area contributed by atoms with Crippen LogP contribution in [-0.2, 0) is 11.4 Å². The van der Waals surface area contributed by atoms with Crippen LogP contribution in [0.4, 0.5) is 0 Å². The van der Waals surface area contributed by atoms with Crippen LogP contribution in [0, 0.1) is 3.57 Å². The molecular formula is C16H11Cl2IO3. The van der Waals surface area contributed by atoms with E-state index >= 15 is 0 Å². The first kappa shape index (κ1) is 17.1. The molecule has 0 saturated heterocycles. The number of carbonyl (C=O) groups is 1. The smallest absolute Gasteiger partial charge is 0.328 e. The van der Waals surface area contributed by atoms with Crippen LogP contribution in [0.2, 0.25) is 10.0 Å². The summed E-state index contributed by atoms with van der Waals surface area (Å²) < 4.78 is 6.64. The Bertz CT molecular complexity index is 729. The summed E-state index contributed by atoms with van der Waals surface area (Å²) >= 11 is 14.0. The largest absolute Gasteiger partial charge is 0.488 e. The Morgan fingerprint density at radius 1 is 1.18 bits per heavy atom. The van der Waals surface area contributed by atoms with Crippen molar-refractivity contribution in [3.8, 4) is 5.75 Å². The molecule has 0 aliphatic rings. The number of ether oxygens (including phenoxy) is 1. The highest BCUT2D eigenvalue weighted by molar-refractivity contribution is 14.1. The molecule has 0 aromatic heterocycles. The maximum atomic E-state index is 10.5. The number of aliphatic carboxylic acids is 1. The molecule has 114 valence electrons. The summed E-state index contributed by atoms with van der Waals surface area (Å²) in [7, 11) is 0. The summed E-state index contributed by atoms with van der Waals surface area (Å²) in [6.45, 7) is 0.372. The summed E-state index contributed by atoms with van der Waals surface area (Å²) in [6, 6.07) is 10.8. The van der Waals surface area contributed by atoms with Gasteiger partial charge < -0.3 is 9.84 Å². The zero-order valence-electron chi connectivity index (χ0n) is 11.2. The number of halogens is 3. The van der Waals surface area contributed by atoms with Gasteiger partial charge in [-0.25, -0.2) is 4.79 Å². The van der Waals surface area contributed by atoms with Crippen LogP contribution in [-0.4, -0.2) is 11.1 Å². The average molecular weight is 449 g/mol. The summed E-state index contributed by atoms with van der Waals surface area (Å²) in [5.41, 5.74) is 1.72. The van der Waals surface area contributed by atoms with E-state index in [-0.39, 0.29) is 0 Å².